The van der Waals surface area contributed by atoms with Gasteiger partial charge in [-0.15, -0.1) is 16.8 Å². The van der Waals surface area contributed by atoms with E-state index in [1.807, 2.05) is 18.0 Å². The molecule has 2 N–H and O–H groups in total. The third kappa shape index (κ3) is 4.34. The first-order valence-corrected chi connectivity index (χ1v) is 11.1. The fraction of sp³-hybridized carbons (Fsp3) is 0.579. The number of nitrogens with one attached hydrogen (secondary N) is 2. The van der Waals surface area contributed by atoms with E-state index in [1.54, 1.807) is 18.2 Å². The van der Waals surface area contributed by atoms with Gasteiger partial charge in [-0.05, 0) is 44.2 Å². The highest BCUT2D eigenvalue weighted by Crippen LogP contribution is 2.28. The third-order valence-electron chi connectivity index (χ3n) is 5.71. The highest BCUT2D eigenvalue weighted by atomic mass is 35.5. The van der Waals surface area contributed by atoms with Crippen molar-refractivity contribution < 1.29 is 13.2 Å². The summed E-state index contributed by atoms with van der Waals surface area (Å²) in [5.74, 6) is 0.539. The molecule has 2 unspecified atom stereocenters. The van der Waals surface area contributed by atoms with E-state index in [0.717, 1.165) is 12.8 Å². The Morgan fingerprint density at radius 2 is 1.93 bits per heavy atom. The molecule has 0 aliphatic carbocycles. The Morgan fingerprint density at radius 3 is 2.64 bits per heavy atom. The van der Waals surface area contributed by atoms with Gasteiger partial charge in [-0.1, -0.05) is 12.1 Å². The van der Waals surface area contributed by atoms with E-state index in [0.29, 0.717) is 42.9 Å². The smallest absolute Gasteiger partial charge is 0.285 e. The molecule has 1 aromatic carbocycles. The summed E-state index contributed by atoms with van der Waals surface area (Å²) in [4.78, 5) is 14.3. The molecule has 0 aromatic heterocycles. The molecular weight excluding hydrogens is 400 g/mol. The Kier molecular flexibility index (Phi) is 6.31. The minimum Gasteiger partial charge on any atom is -0.358 e. The lowest BCUT2D eigenvalue weighted by Gasteiger charge is -2.29. The number of fused-ring (bicyclic) bond motifs is 3. The SMILES string of the molecule is CN(CCCC(=O)NC1CC2CCC(C1)N2)C1=NS(=O)(=O)c2ccccc21.Cl. The normalized spacial score (nSPS) is 26.8. The van der Waals surface area contributed by atoms with Gasteiger partial charge in [0.15, 0.2) is 0 Å². The van der Waals surface area contributed by atoms with Crippen molar-refractivity contribution in [3.63, 3.8) is 0 Å². The van der Waals surface area contributed by atoms with Gasteiger partial charge < -0.3 is 15.5 Å². The average Bonchev–Trinajstić information content (AvgIpc) is 3.11. The van der Waals surface area contributed by atoms with Crippen LogP contribution in [0, 0.1) is 0 Å². The number of hydrogen-bond donors (Lipinski definition) is 2. The van der Waals surface area contributed by atoms with Gasteiger partial charge in [0.05, 0.1) is 0 Å². The van der Waals surface area contributed by atoms with Crippen LogP contribution in [0.15, 0.2) is 33.6 Å². The quantitative estimate of drug-likeness (QED) is 0.747. The molecule has 2 bridgehead atoms. The Labute approximate surface area is 172 Å². The first-order chi connectivity index (χ1) is 12.9. The molecule has 154 valence electrons. The fourth-order valence-electron chi connectivity index (χ4n) is 4.42. The number of benzene rings is 1. The largest absolute Gasteiger partial charge is 0.358 e. The summed E-state index contributed by atoms with van der Waals surface area (Å²) in [5.41, 5.74) is 0.634. The maximum absolute atomic E-state index is 12.3. The average molecular weight is 427 g/mol. The van der Waals surface area contributed by atoms with E-state index >= 15 is 0 Å². The highest BCUT2D eigenvalue weighted by molar-refractivity contribution is 7.90. The van der Waals surface area contributed by atoms with Crippen LogP contribution < -0.4 is 10.6 Å². The van der Waals surface area contributed by atoms with Gasteiger partial charge >= 0.3 is 0 Å². The van der Waals surface area contributed by atoms with Crippen LogP contribution in [-0.4, -0.2) is 56.8 Å². The number of carbonyl (C=O) groups is 1. The van der Waals surface area contributed by atoms with E-state index in [1.165, 1.54) is 12.8 Å². The van der Waals surface area contributed by atoms with Crippen molar-refractivity contribution in [2.75, 3.05) is 13.6 Å². The molecule has 0 spiro atoms. The first kappa shape index (κ1) is 21.1. The monoisotopic (exact) mass is 426 g/mol. The Morgan fingerprint density at radius 1 is 1.25 bits per heavy atom. The number of piperidine rings is 1. The lowest BCUT2D eigenvalue weighted by atomic mass is 9.99. The summed E-state index contributed by atoms with van der Waals surface area (Å²) in [6.45, 7) is 0.577. The second kappa shape index (κ2) is 8.39. The van der Waals surface area contributed by atoms with Crippen molar-refractivity contribution in [1.29, 1.82) is 0 Å². The van der Waals surface area contributed by atoms with E-state index in [9.17, 15) is 13.2 Å². The van der Waals surface area contributed by atoms with Crippen LogP contribution in [0.1, 0.15) is 44.1 Å². The van der Waals surface area contributed by atoms with Gasteiger partial charge in [0.1, 0.15) is 10.7 Å². The lowest BCUT2D eigenvalue weighted by Crippen LogP contribution is -2.48. The van der Waals surface area contributed by atoms with Gasteiger partial charge in [-0.25, -0.2) is 0 Å². The molecule has 3 heterocycles. The van der Waals surface area contributed by atoms with Crippen LogP contribution in [0.5, 0.6) is 0 Å². The summed E-state index contributed by atoms with van der Waals surface area (Å²) >= 11 is 0. The number of nitrogens with zero attached hydrogens (tertiary/aromatic N) is 2. The highest BCUT2D eigenvalue weighted by Gasteiger charge is 2.34. The molecule has 3 aliphatic heterocycles. The van der Waals surface area contributed by atoms with E-state index in [2.05, 4.69) is 15.0 Å². The minimum atomic E-state index is -3.60. The topological polar surface area (TPSA) is 90.9 Å². The van der Waals surface area contributed by atoms with Gasteiger partial charge in [-0.2, -0.15) is 8.42 Å². The van der Waals surface area contributed by atoms with Crippen LogP contribution in [0.4, 0.5) is 0 Å². The predicted octanol–water partition coefficient (Wildman–Crippen LogP) is 1.67. The molecule has 4 rings (SSSR count). The van der Waals surface area contributed by atoms with Gasteiger partial charge in [-0.3, -0.25) is 4.79 Å². The predicted molar refractivity (Wildman–Crippen MR) is 110 cm³/mol. The Balaban J connectivity index is 0.00000225. The van der Waals surface area contributed by atoms with Crippen molar-refractivity contribution in [3.05, 3.63) is 29.8 Å². The zero-order chi connectivity index (χ0) is 19.0. The minimum absolute atomic E-state index is 0. The molecule has 1 amide bonds. The first-order valence-electron chi connectivity index (χ1n) is 9.63. The van der Waals surface area contributed by atoms with Gasteiger partial charge in [0.2, 0.25) is 5.91 Å². The summed E-state index contributed by atoms with van der Waals surface area (Å²) < 4.78 is 28.2. The maximum Gasteiger partial charge on any atom is 0.285 e. The number of rotatable bonds is 5. The summed E-state index contributed by atoms with van der Waals surface area (Å²) in [5, 5.41) is 6.75. The fourth-order valence-corrected chi connectivity index (χ4v) is 5.67. The van der Waals surface area contributed by atoms with Crippen LogP contribution in [0.2, 0.25) is 0 Å². The van der Waals surface area contributed by atoms with Crippen molar-refractivity contribution in [2.45, 2.75) is 61.5 Å². The van der Waals surface area contributed by atoms with Crippen LogP contribution in [0.25, 0.3) is 0 Å². The van der Waals surface area contributed by atoms with Crippen LogP contribution >= 0.6 is 12.4 Å². The molecule has 1 aromatic rings. The number of carbonyl (C=O) groups excluding carboxylic acids is 1. The van der Waals surface area contributed by atoms with E-state index in [4.69, 9.17) is 0 Å². The maximum atomic E-state index is 12.3. The third-order valence-corrected chi connectivity index (χ3v) is 7.03. The van der Waals surface area contributed by atoms with E-state index < -0.39 is 10.0 Å². The van der Waals surface area contributed by atoms with Crippen molar-refractivity contribution in [3.8, 4) is 0 Å². The zero-order valence-corrected chi connectivity index (χ0v) is 17.6. The lowest BCUT2D eigenvalue weighted by molar-refractivity contribution is -0.122. The van der Waals surface area contributed by atoms with Crippen molar-refractivity contribution in [1.82, 2.24) is 15.5 Å². The number of halogens is 1. The summed E-state index contributed by atoms with van der Waals surface area (Å²) in [6.07, 6.45) is 5.57. The van der Waals surface area contributed by atoms with Crippen molar-refractivity contribution >= 4 is 34.2 Å². The molecule has 0 radical (unpaired) electrons. The molecule has 3 aliphatic rings. The number of sulfonamides is 1. The molecule has 2 atom stereocenters. The van der Waals surface area contributed by atoms with Crippen LogP contribution in [0.3, 0.4) is 0 Å². The molecule has 9 heteroatoms. The molecular formula is C19H27ClN4O3S. The Bertz CT molecular complexity index is 862. The molecule has 28 heavy (non-hydrogen) atoms. The van der Waals surface area contributed by atoms with Crippen LogP contribution in [-0.2, 0) is 14.8 Å². The summed E-state index contributed by atoms with van der Waals surface area (Å²) in [7, 11) is -1.79. The van der Waals surface area contributed by atoms with Gasteiger partial charge in [0, 0.05) is 43.7 Å². The molecule has 2 fully saturated rings. The van der Waals surface area contributed by atoms with Crippen molar-refractivity contribution in [2.24, 2.45) is 4.40 Å². The van der Waals surface area contributed by atoms with Gasteiger partial charge in [0.25, 0.3) is 10.0 Å². The molecule has 7 nitrogen and oxygen atoms in total. The number of hydrogen-bond acceptors (Lipinski definition) is 5. The zero-order valence-electron chi connectivity index (χ0n) is 15.9. The number of amidine groups is 1. The Hall–Kier alpha value is -1.64. The molecule has 0 saturated carbocycles. The number of amides is 1. The molecule has 2 saturated heterocycles. The second-order valence-electron chi connectivity index (χ2n) is 7.78. The van der Waals surface area contributed by atoms with E-state index in [-0.39, 0.29) is 29.3 Å². The standard InChI is InChI=1S/C19H26N4O3S.ClH/c1-23(19-16-5-2-3-6-17(16)27(25,26)22-19)10-4-7-18(24)21-15-11-13-8-9-14(12-15)20-13;/h2-3,5-6,13-15,20H,4,7-12H2,1H3,(H,21,24);1H. The summed E-state index contributed by atoms with van der Waals surface area (Å²) in [6, 6.07) is 8.26. The second-order valence-corrected chi connectivity index (χ2v) is 9.36.